The maximum Gasteiger partial charge on any atom is 0.429 e. The number of ether oxygens (including phenoxy) is 3. The van der Waals surface area contributed by atoms with Crippen molar-refractivity contribution in [2.45, 2.75) is 19.3 Å². The Morgan fingerprint density at radius 2 is 1.06 bits per heavy atom. The summed E-state index contributed by atoms with van der Waals surface area (Å²) >= 11 is 0. The van der Waals surface area contributed by atoms with Crippen molar-refractivity contribution in [1.82, 2.24) is 10.0 Å². The number of hydrazine groups is 1. The predicted molar refractivity (Wildman–Crippen MR) is 122 cm³/mol. The molecule has 0 bridgehead atoms. The van der Waals surface area contributed by atoms with E-state index in [2.05, 4.69) is 0 Å². The van der Waals surface area contributed by atoms with E-state index in [0.717, 1.165) is 21.1 Å². The number of rotatable bonds is 6. The number of benzene rings is 3. The van der Waals surface area contributed by atoms with Crippen LogP contribution >= 0.6 is 0 Å². The molecule has 0 N–H and O–H groups in total. The normalized spacial score (nSPS) is 13.4. The van der Waals surface area contributed by atoms with E-state index in [1.807, 2.05) is 60.7 Å². The second kappa shape index (κ2) is 11.0. The molecular formula is C26H24N2O6. The largest absolute Gasteiger partial charge is 0.455 e. The van der Waals surface area contributed by atoms with Crippen molar-refractivity contribution in [3.05, 3.63) is 108 Å². The molecule has 0 aromatic heterocycles. The topological polar surface area (TPSA) is 85.4 Å². The maximum absolute atomic E-state index is 12.8. The minimum Gasteiger partial charge on any atom is -0.455 e. The van der Waals surface area contributed by atoms with Gasteiger partial charge in [0.1, 0.15) is 19.3 Å². The summed E-state index contributed by atoms with van der Waals surface area (Å²) in [5, 5.41) is 2.22. The molecule has 1 aliphatic rings. The molecule has 1 heterocycles. The standard InChI is InChI=1S/C26H24N2O6/c29-24(22-14-8-3-9-15-22)34-23-16-27(25(30)32-18-20-10-4-1-5-11-20)28(17-23)26(31)33-19-21-12-6-2-7-13-21/h1-15,23H,16-19H2. The van der Waals surface area contributed by atoms with Gasteiger partial charge in [0.2, 0.25) is 0 Å². The van der Waals surface area contributed by atoms with Crippen LogP contribution in [0.5, 0.6) is 0 Å². The van der Waals surface area contributed by atoms with Gasteiger partial charge in [-0.1, -0.05) is 78.9 Å². The van der Waals surface area contributed by atoms with Gasteiger partial charge in [0, 0.05) is 0 Å². The third kappa shape index (κ3) is 5.92. The fourth-order valence-corrected chi connectivity index (χ4v) is 3.44. The van der Waals surface area contributed by atoms with Gasteiger partial charge in [-0.05, 0) is 23.3 Å². The van der Waals surface area contributed by atoms with Crippen molar-refractivity contribution in [3.8, 4) is 0 Å². The number of amides is 2. The van der Waals surface area contributed by atoms with Crippen molar-refractivity contribution in [3.63, 3.8) is 0 Å². The molecular weight excluding hydrogens is 436 g/mol. The van der Waals surface area contributed by atoms with E-state index in [1.54, 1.807) is 30.3 Å². The summed E-state index contributed by atoms with van der Waals surface area (Å²) in [4.78, 5) is 38.1. The molecule has 0 unspecified atom stereocenters. The summed E-state index contributed by atoms with van der Waals surface area (Å²) in [6.45, 7) is 0.00829. The molecule has 0 atom stereocenters. The van der Waals surface area contributed by atoms with E-state index in [1.165, 1.54) is 0 Å². The van der Waals surface area contributed by atoms with Gasteiger partial charge in [0.05, 0.1) is 18.7 Å². The van der Waals surface area contributed by atoms with Gasteiger partial charge in [0.15, 0.2) is 0 Å². The average molecular weight is 460 g/mol. The van der Waals surface area contributed by atoms with Gasteiger partial charge in [-0.25, -0.2) is 24.4 Å². The highest BCUT2D eigenvalue weighted by Crippen LogP contribution is 2.19. The second-order valence-electron chi connectivity index (χ2n) is 7.64. The molecule has 1 saturated heterocycles. The highest BCUT2D eigenvalue weighted by Gasteiger charge is 2.40. The van der Waals surface area contributed by atoms with Crippen LogP contribution in [-0.4, -0.2) is 47.4 Å². The highest BCUT2D eigenvalue weighted by atomic mass is 16.6. The first-order chi connectivity index (χ1) is 16.6. The van der Waals surface area contributed by atoms with E-state index in [9.17, 15) is 14.4 Å². The highest BCUT2D eigenvalue weighted by molar-refractivity contribution is 5.89. The zero-order valence-corrected chi connectivity index (χ0v) is 18.4. The Balaban J connectivity index is 1.42. The van der Waals surface area contributed by atoms with E-state index < -0.39 is 24.3 Å². The van der Waals surface area contributed by atoms with Crippen LogP contribution in [-0.2, 0) is 27.4 Å². The monoisotopic (exact) mass is 460 g/mol. The zero-order valence-electron chi connectivity index (χ0n) is 18.4. The van der Waals surface area contributed by atoms with E-state index in [4.69, 9.17) is 14.2 Å². The van der Waals surface area contributed by atoms with E-state index in [-0.39, 0.29) is 26.3 Å². The Morgan fingerprint density at radius 3 is 1.50 bits per heavy atom. The van der Waals surface area contributed by atoms with Crippen molar-refractivity contribution >= 4 is 18.2 Å². The molecule has 8 nitrogen and oxygen atoms in total. The fourth-order valence-electron chi connectivity index (χ4n) is 3.44. The molecule has 0 spiro atoms. The van der Waals surface area contributed by atoms with Crippen LogP contribution in [0, 0.1) is 0 Å². The number of nitrogens with zero attached hydrogens (tertiary/aromatic N) is 2. The lowest BCUT2D eigenvalue weighted by Crippen LogP contribution is -2.45. The second-order valence-corrected chi connectivity index (χ2v) is 7.64. The van der Waals surface area contributed by atoms with E-state index >= 15 is 0 Å². The van der Waals surface area contributed by atoms with Gasteiger partial charge >= 0.3 is 18.2 Å². The first kappa shape index (κ1) is 22.8. The summed E-state index contributed by atoms with van der Waals surface area (Å²) in [6, 6.07) is 26.9. The molecule has 34 heavy (non-hydrogen) atoms. The third-order valence-electron chi connectivity index (χ3n) is 5.16. The van der Waals surface area contributed by atoms with Gasteiger partial charge in [0.25, 0.3) is 0 Å². The predicted octanol–water partition coefficient (Wildman–Crippen LogP) is 4.42. The lowest BCUT2D eigenvalue weighted by atomic mass is 10.2. The fraction of sp³-hybridized carbons (Fsp3) is 0.192. The average Bonchev–Trinajstić information content (AvgIpc) is 3.31. The molecule has 3 aromatic rings. The molecule has 3 aromatic carbocycles. The van der Waals surface area contributed by atoms with Gasteiger partial charge in [-0.15, -0.1) is 0 Å². The lowest BCUT2D eigenvalue weighted by Gasteiger charge is -2.25. The van der Waals surface area contributed by atoms with Gasteiger partial charge in [-0.2, -0.15) is 0 Å². The summed E-state index contributed by atoms with van der Waals surface area (Å²) in [5.74, 6) is -0.539. The molecule has 2 amide bonds. The van der Waals surface area contributed by atoms with Crippen LogP contribution in [0.2, 0.25) is 0 Å². The van der Waals surface area contributed by atoms with Crippen molar-refractivity contribution in [1.29, 1.82) is 0 Å². The summed E-state index contributed by atoms with van der Waals surface area (Å²) in [6.07, 6.45) is -2.21. The Morgan fingerprint density at radius 1 is 0.647 bits per heavy atom. The van der Waals surface area contributed by atoms with Crippen LogP contribution in [0.25, 0.3) is 0 Å². The minimum atomic E-state index is -0.737. The molecule has 174 valence electrons. The number of esters is 1. The third-order valence-corrected chi connectivity index (χ3v) is 5.16. The first-order valence-electron chi connectivity index (χ1n) is 10.8. The van der Waals surface area contributed by atoms with Crippen LogP contribution < -0.4 is 0 Å². The smallest absolute Gasteiger partial charge is 0.429 e. The lowest BCUT2D eigenvalue weighted by molar-refractivity contribution is 0.00184. The zero-order chi connectivity index (χ0) is 23.8. The maximum atomic E-state index is 12.8. The number of hydrogen-bond acceptors (Lipinski definition) is 6. The Labute approximate surface area is 197 Å². The minimum absolute atomic E-state index is 0.0351. The molecule has 0 saturated carbocycles. The van der Waals surface area contributed by atoms with Crippen LogP contribution in [0.3, 0.4) is 0 Å². The molecule has 4 rings (SSSR count). The summed E-state index contributed by atoms with van der Waals surface area (Å²) in [7, 11) is 0. The molecule has 0 radical (unpaired) electrons. The molecule has 0 aliphatic carbocycles. The van der Waals surface area contributed by atoms with Crippen molar-refractivity contribution in [2.24, 2.45) is 0 Å². The van der Waals surface area contributed by atoms with Gasteiger partial charge in [-0.3, -0.25) is 0 Å². The van der Waals surface area contributed by atoms with Crippen molar-refractivity contribution in [2.75, 3.05) is 13.1 Å². The Kier molecular flexibility index (Phi) is 7.39. The number of carbonyl (C=O) groups excluding carboxylic acids is 3. The molecule has 8 heteroatoms. The molecule has 1 aliphatic heterocycles. The first-order valence-corrected chi connectivity index (χ1v) is 10.8. The summed E-state index contributed by atoms with van der Waals surface area (Å²) in [5.41, 5.74) is 1.99. The van der Waals surface area contributed by atoms with E-state index in [0.29, 0.717) is 5.56 Å². The number of hydrogen-bond donors (Lipinski definition) is 0. The molecule has 1 fully saturated rings. The van der Waals surface area contributed by atoms with Gasteiger partial charge < -0.3 is 14.2 Å². The van der Waals surface area contributed by atoms with Crippen molar-refractivity contribution < 1.29 is 28.6 Å². The number of carbonyl (C=O) groups is 3. The van der Waals surface area contributed by atoms with Crippen LogP contribution in [0.15, 0.2) is 91.0 Å². The van der Waals surface area contributed by atoms with Crippen LogP contribution in [0.1, 0.15) is 21.5 Å². The summed E-state index contributed by atoms with van der Waals surface area (Å²) < 4.78 is 16.3. The van der Waals surface area contributed by atoms with Crippen LogP contribution in [0.4, 0.5) is 9.59 Å². The SMILES string of the molecule is O=C(OC1CN(C(=O)OCc2ccccc2)N(C(=O)OCc2ccccc2)C1)c1ccccc1. The Bertz CT molecular complexity index is 1040. The Hall–Kier alpha value is -4.33. The quantitative estimate of drug-likeness (QED) is 0.400.